The zero-order chi connectivity index (χ0) is 18.5. The van der Waals surface area contributed by atoms with Gasteiger partial charge in [0.15, 0.2) is 0 Å². The lowest BCUT2D eigenvalue weighted by Gasteiger charge is -2.20. The molecule has 0 bridgehead atoms. The van der Waals surface area contributed by atoms with Crippen LogP contribution >= 0.6 is 0 Å². The molecule has 1 aliphatic carbocycles. The van der Waals surface area contributed by atoms with Gasteiger partial charge in [0.25, 0.3) is 0 Å². The van der Waals surface area contributed by atoms with Crippen molar-refractivity contribution in [3.63, 3.8) is 0 Å². The van der Waals surface area contributed by atoms with Crippen LogP contribution < -0.4 is 0 Å². The van der Waals surface area contributed by atoms with E-state index in [1.807, 2.05) is 13.0 Å². The number of halogens is 3. The first-order valence-corrected chi connectivity index (χ1v) is 8.73. The van der Waals surface area contributed by atoms with Crippen molar-refractivity contribution in [2.24, 2.45) is 0 Å². The highest BCUT2D eigenvalue weighted by molar-refractivity contribution is 7.87. The average Bonchev–Trinajstić information content (AvgIpc) is 2.50. The molecular weight excluding hydrogens is 349 g/mol. The van der Waals surface area contributed by atoms with Crippen LogP contribution in [-0.2, 0) is 14.3 Å². The summed E-state index contributed by atoms with van der Waals surface area (Å²) in [5.41, 5.74) is -3.09. The third-order valence-electron chi connectivity index (χ3n) is 3.80. The van der Waals surface area contributed by atoms with Crippen molar-refractivity contribution in [1.82, 2.24) is 0 Å². The molecule has 0 aromatic rings. The number of alkyl halides is 3. The van der Waals surface area contributed by atoms with E-state index in [0.29, 0.717) is 6.42 Å². The van der Waals surface area contributed by atoms with Gasteiger partial charge < -0.3 is 14.4 Å². The third kappa shape index (κ3) is 5.09. The molecule has 9 heteroatoms. The van der Waals surface area contributed by atoms with Gasteiger partial charge in [0, 0.05) is 6.42 Å². The Labute approximate surface area is 139 Å². The molecule has 5 nitrogen and oxygen atoms in total. The van der Waals surface area contributed by atoms with Crippen molar-refractivity contribution in [3.05, 3.63) is 34.1 Å². The van der Waals surface area contributed by atoms with E-state index in [-0.39, 0.29) is 25.0 Å². The Morgan fingerprint density at radius 2 is 1.96 bits per heavy atom. The van der Waals surface area contributed by atoms with Crippen molar-refractivity contribution in [2.45, 2.75) is 45.0 Å². The molecule has 0 amide bonds. The molecule has 0 aromatic heterocycles. The number of allylic oxidation sites excluding steroid dienone is 4. The van der Waals surface area contributed by atoms with Crippen LogP contribution in [0.1, 0.15) is 39.5 Å². The van der Waals surface area contributed by atoms with E-state index >= 15 is 0 Å². The lowest BCUT2D eigenvalue weighted by atomic mass is 9.88. The standard InChI is InChI=1S/C15H21F3O5S/c1-10-4-3-5-12(9-20)13(10)6-7-14(11(2)8-19)23-24(21,22)15(16,17)18/h4,19-20H,3,5-9H2,1-2H3/b14-11-. The lowest BCUT2D eigenvalue weighted by molar-refractivity contribution is -0.0524. The van der Waals surface area contributed by atoms with Crippen molar-refractivity contribution in [3.8, 4) is 0 Å². The smallest absolute Gasteiger partial charge is 0.392 e. The molecular formula is C15H21F3O5S. The minimum atomic E-state index is -5.79. The lowest BCUT2D eigenvalue weighted by Crippen LogP contribution is -2.26. The molecule has 0 saturated heterocycles. The minimum absolute atomic E-state index is 0.00594. The maximum atomic E-state index is 12.5. The molecule has 138 valence electrons. The molecule has 0 saturated carbocycles. The highest BCUT2D eigenvalue weighted by Crippen LogP contribution is 2.32. The van der Waals surface area contributed by atoms with Crippen LogP contribution in [0.2, 0.25) is 0 Å². The van der Waals surface area contributed by atoms with Crippen molar-refractivity contribution in [1.29, 1.82) is 0 Å². The van der Waals surface area contributed by atoms with Gasteiger partial charge in [0.05, 0.1) is 13.2 Å². The number of aliphatic hydroxyl groups excluding tert-OH is 2. The van der Waals surface area contributed by atoms with Crippen LogP contribution in [0.5, 0.6) is 0 Å². The number of hydrogen-bond donors (Lipinski definition) is 2. The summed E-state index contributed by atoms with van der Waals surface area (Å²) in [6, 6.07) is 0. The summed E-state index contributed by atoms with van der Waals surface area (Å²) in [6.45, 7) is 2.33. The van der Waals surface area contributed by atoms with Crippen molar-refractivity contribution in [2.75, 3.05) is 13.2 Å². The van der Waals surface area contributed by atoms with E-state index in [2.05, 4.69) is 4.18 Å². The van der Waals surface area contributed by atoms with Crippen LogP contribution in [0, 0.1) is 0 Å². The maximum absolute atomic E-state index is 12.5. The SMILES string of the molecule is CC1=CCCC(CO)=C1CC/C(OS(=O)(=O)C(F)(F)F)=C(\C)CO. The van der Waals surface area contributed by atoms with Gasteiger partial charge in [-0.05, 0) is 49.8 Å². The Morgan fingerprint density at radius 1 is 1.33 bits per heavy atom. The van der Waals surface area contributed by atoms with E-state index in [1.54, 1.807) is 0 Å². The molecule has 0 atom stereocenters. The molecule has 0 spiro atoms. The first-order valence-electron chi connectivity index (χ1n) is 7.32. The second-order valence-corrected chi connectivity index (χ2v) is 7.05. The second kappa shape index (κ2) is 8.17. The highest BCUT2D eigenvalue weighted by atomic mass is 32.2. The predicted octanol–water partition coefficient (Wildman–Crippen LogP) is 2.93. The zero-order valence-electron chi connectivity index (χ0n) is 13.5. The van der Waals surface area contributed by atoms with E-state index in [4.69, 9.17) is 5.11 Å². The van der Waals surface area contributed by atoms with E-state index in [1.165, 1.54) is 6.92 Å². The fourth-order valence-electron chi connectivity index (χ4n) is 2.40. The van der Waals surface area contributed by atoms with Crippen LogP contribution in [0.25, 0.3) is 0 Å². The van der Waals surface area contributed by atoms with Gasteiger partial charge in [-0.3, -0.25) is 0 Å². The summed E-state index contributed by atoms with van der Waals surface area (Å²) >= 11 is 0. The maximum Gasteiger partial charge on any atom is 0.534 e. The third-order valence-corrected chi connectivity index (χ3v) is 4.79. The van der Waals surface area contributed by atoms with Gasteiger partial charge in [-0.1, -0.05) is 11.6 Å². The highest BCUT2D eigenvalue weighted by Gasteiger charge is 2.49. The van der Waals surface area contributed by atoms with Crippen LogP contribution in [0.3, 0.4) is 0 Å². The summed E-state index contributed by atoms with van der Waals surface area (Å²) < 4.78 is 64.1. The van der Waals surface area contributed by atoms with Gasteiger partial charge in [0.2, 0.25) is 0 Å². The fourth-order valence-corrected chi connectivity index (χ4v) is 2.98. The number of rotatable bonds is 7. The van der Waals surface area contributed by atoms with Gasteiger partial charge in [-0.15, -0.1) is 0 Å². The second-order valence-electron chi connectivity index (χ2n) is 5.51. The Morgan fingerprint density at radius 3 is 2.46 bits per heavy atom. The first-order chi connectivity index (χ1) is 11.0. The van der Waals surface area contributed by atoms with Gasteiger partial charge in [-0.25, -0.2) is 0 Å². The summed E-state index contributed by atoms with van der Waals surface area (Å²) in [4.78, 5) is 0. The summed E-state index contributed by atoms with van der Waals surface area (Å²) in [7, 11) is -5.79. The zero-order valence-corrected chi connectivity index (χ0v) is 14.3. The fraction of sp³-hybridized carbons (Fsp3) is 0.600. The van der Waals surface area contributed by atoms with Gasteiger partial charge in [-0.2, -0.15) is 21.6 Å². The van der Waals surface area contributed by atoms with E-state index in [0.717, 1.165) is 23.1 Å². The molecule has 0 heterocycles. The summed E-state index contributed by atoms with van der Waals surface area (Å²) in [5, 5.41) is 18.5. The molecule has 0 unspecified atom stereocenters. The Balaban J connectivity index is 3.02. The summed E-state index contributed by atoms with van der Waals surface area (Å²) in [6.07, 6.45) is 3.43. The molecule has 0 fully saturated rings. The number of hydrogen-bond acceptors (Lipinski definition) is 5. The average molecular weight is 370 g/mol. The molecule has 2 N–H and O–H groups in total. The Bertz CT molecular complexity index is 657. The molecule has 0 aromatic carbocycles. The van der Waals surface area contributed by atoms with Crippen LogP contribution in [-0.4, -0.2) is 37.4 Å². The van der Waals surface area contributed by atoms with Crippen molar-refractivity contribution >= 4 is 10.1 Å². The van der Waals surface area contributed by atoms with E-state index < -0.39 is 28.0 Å². The quantitative estimate of drug-likeness (QED) is 0.409. The Hall–Kier alpha value is -1.32. The molecule has 0 radical (unpaired) electrons. The van der Waals surface area contributed by atoms with Crippen molar-refractivity contribution < 1.29 is 36.0 Å². The number of aliphatic hydroxyl groups is 2. The normalized spacial score (nSPS) is 17.5. The molecule has 1 rings (SSSR count). The molecule has 24 heavy (non-hydrogen) atoms. The largest absolute Gasteiger partial charge is 0.534 e. The van der Waals surface area contributed by atoms with Crippen LogP contribution in [0.4, 0.5) is 13.2 Å². The Kier molecular flexibility index (Phi) is 7.06. The van der Waals surface area contributed by atoms with Crippen LogP contribution in [0.15, 0.2) is 34.1 Å². The summed E-state index contributed by atoms with van der Waals surface area (Å²) in [5.74, 6) is -0.432. The minimum Gasteiger partial charge on any atom is -0.392 e. The predicted molar refractivity (Wildman–Crippen MR) is 82.2 cm³/mol. The monoisotopic (exact) mass is 370 g/mol. The topological polar surface area (TPSA) is 83.8 Å². The van der Waals surface area contributed by atoms with Gasteiger partial charge in [0.1, 0.15) is 5.76 Å². The van der Waals surface area contributed by atoms with Gasteiger partial charge >= 0.3 is 15.6 Å². The van der Waals surface area contributed by atoms with E-state index in [9.17, 15) is 26.7 Å². The molecule has 0 aliphatic heterocycles. The first kappa shape index (κ1) is 20.7. The molecule has 1 aliphatic rings.